The van der Waals surface area contributed by atoms with Crippen molar-refractivity contribution in [3.63, 3.8) is 0 Å². The molecule has 0 aliphatic rings. The molecule has 2 rings (SSSR count). The zero-order valence-electron chi connectivity index (χ0n) is 16.1. The maximum atomic E-state index is 12.0. The van der Waals surface area contributed by atoms with Gasteiger partial charge >= 0.3 is 11.8 Å². The highest BCUT2D eigenvalue weighted by Crippen LogP contribution is 2.31. The van der Waals surface area contributed by atoms with Gasteiger partial charge in [0.2, 0.25) is 0 Å². The summed E-state index contributed by atoms with van der Waals surface area (Å²) in [4.78, 5) is 23.9. The van der Waals surface area contributed by atoms with E-state index in [1.54, 1.807) is 31.4 Å². The minimum Gasteiger partial charge on any atom is -0.496 e. The van der Waals surface area contributed by atoms with Gasteiger partial charge in [0.15, 0.2) is 0 Å². The number of ether oxygens (including phenoxy) is 2. The summed E-state index contributed by atoms with van der Waals surface area (Å²) in [6.07, 6.45) is 1.38. The summed E-state index contributed by atoms with van der Waals surface area (Å²) in [7, 11) is 3.05. The number of anilines is 1. The number of nitrogens with one attached hydrogen (secondary N) is 2. The number of methoxy groups -OCH3 is 2. The molecule has 0 fully saturated rings. The number of hydrogen-bond donors (Lipinski definition) is 2. The Morgan fingerprint density at radius 2 is 1.68 bits per heavy atom. The molecule has 2 N–H and O–H groups in total. The van der Waals surface area contributed by atoms with Gasteiger partial charge in [0, 0.05) is 17.3 Å². The van der Waals surface area contributed by atoms with Crippen molar-refractivity contribution in [2.75, 3.05) is 19.5 Å². The van der Waals surface area contributed by atoms with Crippen molar-refractivity contribution in [2.24, 2.45) is 5.10 Å². The van der Waals surface area contributed by atoms with Crippen LogP contribution in [0.3, 0.4) is 0 Å². The van der Waals surface area contributed by atoms with Crippen LogP contribution < -0.4 is 20.2 Å². The summed E-state index contributed by atoms with van der Waals surface area (Å²) in [6.45, 7) is 4.16. The van der Waals surface area contributed by atoms with Crippen molar-refractivity contribution < 1.29 is 19.1 Å². The molecule has 0 aliphatic heterocycles. The summed E-state index contributed by atoms with van der Waals surface area (Å²) in [5.74, 6) is -0.195. The normalized spacial score (nSPS) is 10.8. The fraction of sp³-hybridized carbons (Fsp3) is 0.250. The zero-order chi connectivity index (χ0) is 20.7. The lowest BCUT2D eigenvalue weighted by Crippen LogP contribution is -2.32. The predicted octanol–water partition coefficient (Wildman–Crippen LogP) is 3.68. The van der Waals surface area contributed by atoms with Crippen molar-refractivity contribution in [1.82, 2.24) is 5.43 Å². The molecule has 0 spiro atoms. The molecular weight excluding hydrogens is 426 g/mol. The second kappa shape index (κ2) is 9.89. The van der Waals surface area contributed by atoms with Crippen molar-refractivity contribution >= 4 is 39.6 Å². The molecule has 148 valence electrons. The van der Waals surface area contributed by atoms with Gasteiger partial charge in [-0.1, -0.05) is 26.0 Å². The SMILES string of the molecule is COc1cc(OC)c(C=NNC(=O)C(=O)Nc2ccc(C(C)C)cc2)cc1Br. The Morgan fingerprint density at radius 1 is 1.04 bits per heavy atom. The molecule has 28 heavy (non-hydrogen) atoms. The van der Waals surface area contributed by atoms with Crippen LogP contribution in [0, 0.1) is 0 Å². The Hall–Kier alpha value is -2.87. The molecule has 0 radical (unpaired) electrons. The predicted molar refractivity (Wildman–Crippen MR) is 112 cm³/mol. The first-order valence-electron chi connectivity index (χ1n) is 8.51. The second-order valence-electron chi connectivity index (χ2n) is 6.16. The first-order chi connectivity index (χ1) is 13.3. The van der Waals surface area contributed by atoms with E-state index >= 15 is 0 Å². The highest BCUT2D eigenvalue weighted by molar-refractivity contribution is 9.10. The van der Waals surface area contributed by atoms with Crippen LogP contribution >= 0.6 is 15.9 Å². The first-order valence-corrected chi connectivity index (χ1v) is 9.30. The number of benzene rings is 2. The van der Waals surface area contributed by atoms with E-state index in [9.17, 15) is 9.59 Å². The van der Waals surface area contributed by atoms with Crippen molar-refractivity contribution in [3.05, 3.63) is 52.0 Å². The molecule has 0 aliphatic carbocycles. The van der Waals surface area contributed by atoms with Crippen LogP contribution in [0.25, 0.3) is 0 Å². The van der Waals surface area contributed by atoms with Gasteiger partial charge in [0.05, 0.1) is 24.9 Å². The molecule has 0 saturated carbocycles. The Morgan fingerprint density at radius 3 is 2.25 bits per heavy atom. The summed E-state index contributed by atoms with van der Waals surface area (Å²) in [5, 5.41) is 6.35. The number of hydrazone groups is 1. The van der Waals surface area contributed by atoms with Crippen molar-refractivity contribution in [2.45, 2.75) is 19.8 Å². The molecule has 0 heterocycles. The van der Waals surface area contributed by atoms with E-state index in [2.05, 4.69) is 45.6 Å². The van der Waals surface area contributed by atoms with Gasteiger partial charge in [-0.2, -0.15) is 5.10 Å². The molecule has 0 aromatic heterocycles. The lowest BCUT2D eigenvalue weighted by molar-refractivity contribution is -0.136. The van der Waals surface area contributed by atoms with Crippen LogP contribution in [0.4, 0.5) is 5.69 Å². The van der Waals surface area contributed by atoms with E-state index < -0.39 is 11.8 Å². The minimum absolute atomic E-state index is 0.386. The van der Waals surface area contributed by atoms with Crippen LogP contribution in [0.2, 0.25) is 0 Å². The van der Waals surface area contributed by atoms with Crippen LogP contribution in [0.1, 0.15) is 30.9 Å². The Balaban J connectivity index is 1.99. The van der Waals surface area contributed by atoms with Crippen LogP contribution in [0.15, 0.2) is 46.0 Å². The molecular formula is C20H22BrN3O4. The van der Waals surface area contributed by atoms with E-state index in [1.165, 1.54) is 13.3 Å². The molecule has 0 atom stereocenters. The average Bonchev–Trinajstić information content (AvgIpc) is 2.68. The third kappa shape index (κ3) is 5.56. The first kappa shape index (κ1) is 21.4. The third-order valence-electron chi connectivity index (χ3n) is 3.92. The van der Waals surface area contributed by atoms with Gasteiger partial charge in [-0.15, -0.1) is 0 Å². The summed E-state index contributed by atoms with van der Waals surface area (Å²) in [5.41, 5.74) is 4.48. The maximum Gasteiger partial charge on any atom is 0.329 e. The number of rotatable bonds is 6. The molecule has 2 amide bonds. The molecule has 0 bridgehead atoms. The molecule has 8 heteroatoms. The Bertz CT molecular complexity index is 880. The average molecular weight is 448 g/mol. The van der Waals surface area contributed by atoms with Gasteiger partial charge in [-0.3, -0.25) is 9.59 Å². The summed E-state index contributed by atoms with van der Waals surface area (Å²) >= 11 is 3.37. The third-order valence-corrected chi connectivity index (χ3v) is 4.54. The lowest BCUT2D eigenvalue weighted by Gasteiger charge is -2.09. The lowest BCUT2D eigenvalue weighted by atomic mass is 10.0. The highest BCUT2D eigenvalue weighted by atomic mass is 79.9. The molecule has 7 nitrogen and oxygen atoms in total. The summed E-state index contributed by atoms with van der Waals surface area (Å²) in [6, 6.07) is 10.7. The molecule has 0 unspecified atom stereocenters. The van der Waals surface area contributed by atoms with Crippen LogP contribution in [0.5, 0.6) is 11.5 Å². The topological polar surface area (TPSA) is 89.0 Å². The van der Waals surface area contributed by atoms with Gasteiger partial charge in [0.1, 0.15) is 11.5 Å². The standard InChI is InChI=1S/C20H22BrN3O4/c1-12(2)13-5-7-15(8-6-13)23-19(25)20(26)24-22-11-14-9-16(21)18(28-4)10-17(14)27-3/h5-12H,1-4H3,(H,23,25)(H,24,26). The number of halogens is 1. The van der Waals surface area contributed by atoms with E-state index in [1.807, 2.05) is 12.1 Å². The zero-order valence-corrected chi connectivity index (χ0v) is 17.7. The van der Waals surface area contributed by atoms with E-state index in [-0.39, 0.29) is 0 Å². The number of carbonyl (C=O) groups is 2. The van der Waals surface area contributed by atoms with Gasteiger partial charge < -0.3 is 14.8 Å². The quantitative estimate of drug-likeness (QED) is 0.401. The van der Waals surface area contributed by atoms with E-state index in [0.717, 1.165) is 5.56 Å². The highest BCUT2D eigenvalue weighted by Gasteiger charge is 2.13. The number of amides is 2. The second-order valence-corrected chi connectivity index (χ2v) is 7.01. The molecule has 2 aromatic rings. The monoisotopic (exact) mass is 447 g/mol. The van der Waals surface area contributed by atoms with E-state index in [0.29, 0.717) is 33.1 Å². The summed E-state index contributed by atoms with van der Waals surface area (Å²) < 4.78 is 11.2. The Kier molecular flexibility index (Phi) is 7.57. The van der Waals surface area contributed by atoms with E-state index in [4.69, 9.17) is 9.47 Å². The Labute approximate surface area is 172 Å². The smallest absolute Gasteiger partial charge is 0.329 e. The molecule has 2 aromatic carbocycles. The maximum absolute atomic E-state index is 12.0. The van der Waals surface area contributed by atoms with Crippen molar-refractivity contribution in [3.8, 4) is 11.5 Å². The number of hydrogen-bond acceptors (Lipinski definition) is 5. The molecule has 0 saturated heterocycles. The largest absolute Gasteiger partial charge is 0.496 e. The van der Waals surface area contributed by atoms with Crippen LogP contribution in [-0.2, 0) is 9.59 Å². The van der Waals surface area contributed by atoms with Gasteiger partial charge in [0.25, 0.3) is 0 Å². The van der Waals surface area contributed by atoms with Crippen molar-refractivity contribution in [1.29, 1.82) is 0 Å². The number of carbonyl (C=O) groups excluding carboxylic acids is 2. The fourth-order valence-corrected chi connectivity index (χ4v) is 2.86. The van der Waals surface area contributed by atoms with Gasteiger partial charge in [-0.05, 0) is 45.6 Å². The fourth-order valence-electron chi connectivity index (χ4n) is 2.33. The minimum atomic E-state index is -0.879. The van der Waals surface area contributed by atoms with Crippen LogP contribution in [-0.4, -0.2) is 32.2 Å². The van der Waals surface area contributed by atoms with Gasteiger partial charge in [-0.25, -0.2) is 5.43 Å². The number of nitrogens with zero attached hydrogens (tertiary/aromatic N) is 1.